The molecular formula is C22H19FN2O5S. The molecule has 0 aromatic heterocycles. The van der Waals surface area contributed by atoms with Gasteiger partial charge in [-0.3, -0.25) is 9.52 Å². The zero-order valence-electron chi connectivity index (χ0n) is 16.5. The Morgan fingerprint density at radius 2 is 1.71 bits per heavy atom. The van der Waals surface area contributed by atoms with E-state index in [1.807, 2.05) is 0 Å². The molecule has 160 valence electrons. The lowest BCUT2D eigenvalue weighted by Gasteiger charge is -2.19. The Morgan fingerprint density at radius 1 is 0.968 bits per heavy atom. The Hall–Kier alpha value is -3.59. The SMILES string of the molecule is Cc1ccc(S(=O)(=O)Nc2ccccc2F)cc1C(=O)Nc1ccc2c(c1)OCCO2. The maximum absolute atomic E-state index is 13.9. The number of benzene rings is 3. The summed E-state index contributed by atoms with van der Waals surface area (Å²) in [5.74, 6) is -0.0780. The highest BCUT2D eigenvalue weighted by molar-refractivity contribution is 7.92. The summed E-state index contributed by atoms with van der Waals surface area (Å²) in [6.45, 7) is 2.57. The molecule has 7 nitrogen and oxygen atoms in total. The maximum atomic E-state index is 13.9. The Balaban J connectivity index is 1.58. The van der Waals surface area contributed by atoms with Crippen LogP contribution in [-0.2, 0) is 10.0 Å². The van der Waals surface area contributed by atoms with Crippen LogP contribution in [0.5, 0.6) is 11.5 Å². The van der Waals surface area contributed by atoms with Crippen LogP contribution in [-0.4, -0.2) is 27.5 Å². The molecule has 31 heavy (non-hydrogen) atoms. The Labute approximate surface area is 178 Å². The summed E-state index contributed by atoms with van der Waals surface area (Å²) in [6, 6.07) is 14.6. The van der Waals surface area contributed by atoms with E-state index in [4.69, 9.17) is 9.47 Å². The van der Waals surface area contributed by atoms with Crippen molar-refractivity contribution in [2.45, 2.75) is 11.8 Å². The molecule has 1 heterocycles. The first-order chi connectivity index (χ1) is 14.8. The van der Waals surface area contributed by atoms with Crippen molar-refractivity contribution in [3.63, 3.8) is 0 Å². The van der Waals surface area contributed by atoms with Crippen LogP contribution in [0.25, 0.3) is 0 Å². The summed E-state index contributed by atoms with van der Waals surface area (Å²) < 4.78 is 52.5. The van der Waals surface area contributed by atoms with E-state index in [0.717, 1.165) is 6.07 Å². The van der Waals surface area contributed by atoms with E-state index >= 15 is 0 Å². The number of nitrogens with one attached hydrogen (secondary N) is 2. The second kappa shape index (κ2) is 8.27. The molecule has 0 saturated heterocycles. The molecule has 2 N–H and O–H groups in total. The van der Waals surface area contributed by atoms with Crippen LogP contribution in [0.3, 0.4) is 0 Å². The number of carbonyl (C=O) groups is 1. The number of carbonyl (C=O) groups excluding carboxylic acids is 1. The molecule has 0 bridgehead atoms. The van der Waals surface area contributed by atoms with Gasteiger partial charge in [0.15, 0.2) is 11.5 Å². The average Bonchev–Trinajstić information content (AvgIpc) is 2.75. The average molecular weight is 442 g/mol. The topological polar surface area (TPSA) is 93.7 Å². The van der Waals surface area contributed by atoms with Crippen LogP contribution in [0.15, 0.2) is 65.6 Å². The van der Waals surface area contributed by atoms with Crippen LogP contribution >= 0.6 is 0 Å². The van der Waals surface area contributed by atoms with Gasteiger partial charge < -0.3 is 14.8 Å². The van der Waals surface area contributed by atoms with Gasteiger partial charge in [-0.15, -0.1) is 0 Å². The highest BCUT2D eigenvalue weighted by Gasteiger charge is 2.20. The fourth-order valence-electron chi connectivity index (χ4n) is 3.08. The Morgan fingerprint density at radius 3 is 2.48 bits per heavy atom. The standard InChI is InChI=1S/C22H19FN2O5S/c1-14-6-8-16(31(27,28)25-19-5-3-2-4-18(19)23)13-17(14)22(26)24-15-7-9-20-21(12-15)30-11-10-29-20/h2-9,12-13,25H,10-11H2,1H3,(H,24,26). The summed E-state index contributed by atoms with van der Waals surface area (Å²) in [5, 5.41) is 2.74. The van der Waals surface area contributed by atoms with Gasteiger partial charge in [-0.25, -0.2) is 12.8 Å². The van der Waals surface area contributed by atoms with Crippen molar-refractivity contribution in [1.82, 2.24) is 0 Å². The third kappa shape index (κ3) is 4.46. The number of ether oxygens (including phenoxy) is 2. The quantitative estimate of drug-likeness (QED) is 0.624. The van der Waals surface area contributed by atoms with Gasteiger partial charge in [0.1, 0.15) is 19.0 Å². The van der Waals surface area contributed by atoms with Gasteiger partial charge in [0.25, 0.3) is 15.9 Å². The van der Waals surface area contributed by atoms with Gasteiger partial charge in [0, 0.05) is 17.3 Å². The van der Waals surface area contributed by atoms with Crippen molar-refractivity contribution in [3.8, 4) is 11.5 Å². The number of amides is 1. The van der Waals surface area contributed by atoms with Crippen molar-refractivity contribution in [3.05, 3.63) is 77.6 Å². The lowest BCUT2D eigenvalue weighted by Crippen LogP contribution is -2.18. The van der Waals surface area contributed by atoms with E-state index in [9.17, 15) is 17.6 Å². The highest BCUT2D eigenvalue weighted by Crippen LogP contribution is 2.33. The van der Waals surface area contributed by atoms with Gasteiger partial charge in [-0.1, -0.05) is 18.2 Å². The summed E-state index contributed by atoms with van der Waals surface area (Å²) in [7, 11) is -4.10. The Kier molecular flexibility index (Phi) is 5.51. The molecule has 3 aromatic rings. The van der Waals surface area contributed by atoms with Crippen molar-refractivity contribution in [1.29, 1.82) is 0 Å². The first-order valence-electron chi connectivity index (χ1n) is 9.42. The molecule has 1 aliphatic heterocycles. The number of halogens is 1. The number of para-hydroxylation sites is 1. The summed E-state index contributed by atoms with van der Waals surface area (Å²) in [4.78, 5) is 12.7. The van der Waals surface area contributed by atoms with E-state index in [1.165, 1.54) is 36.4 Å². The molecular weight excluding hydrogens is 423 g/mol. The van der Waals surface area contributed by atoms with Gasteiger partial charge in [-0.2, -0.15) is 0 Å². The molecule has 0 fully saturated rings. The minimum absolute atomic E-state index is 0.159. The third-order valence-electron chi connectivity index (χ3n) is 4.68. The molecule has 0 unspecified atom stereocenters. The van der Waals surface area contributed by atoms with Crippen LogP contribution < -0.4 is 19.5 Å². The summed E-state index contributed by atoms with van der Waals surface area (Å²) in [6.07, 6.45) is 0. The summed E-state index contributed by atoms with van der Waals surface area (Å²) >= 11 is 0. The first-order valence-corrected chi connectivity index (χ1v) is 10.9. The zero-order chi connectivity index (χ0) is 22.0. The Bertz CT molecular complexity index is 1260. The van der Waals surface area contributed by atoms with Crippen molar-refractivity contribution < 1.29 is 27.1 Å². The molecule has 3 aromatic carbocycles. The van der Waals surface area contributed by atoms with Crippen molar-refractivity contribution in [2.24, 2.45) is 0 Å². The number of anilines is 2. The molecule has 1 amide bonds. The number of fused-ring (bicyclic) bond motifs is 1. The van der Waals surface area contributed by atoms with Crippen LogP contribution in [0, 0.1) is 12.7 Å². The fraction of sp³-hybridized carbons (Fsp3) is 0.136. The van der Waals surface area contributed by atoms with E-state index in [1.54, 1.807) is 25.1 Å². The largest absolute Gasteiger partial charge is 0.486 e. The first kappa shape index (κ1) is 20.7. The number of hydrogen-bond acceptors (Lipinski definition) is 5. The van der Waals surface area contributed by atoms with Gasteiger partial charge in [0.05, 0.1) is 10.6 Å². The molecule has 0 radical (unpaired) electrons. The lowest BCUT2D eigenvalue weighted by molar-refractivity contribution is 0.102. The molecule has 4 rings (SSSR count). The molecule has 0 saturated carbocycles. The van der Waals surface area contributed by atoms with E-state index in [0.29, 0.717) is 36.0 Å². The van der Waals surface area contributed by atoms with Crippen LogP contribution in [0.2, 0.25) is 0 Å². The van der Waals surface area contributed by atoms with Gasteiger partial charge >= 0.3 is 0 Å². The number of hydrogen-bond donors (Lipinski definition) is 2. The van der Waals surface area contributed by atoms with Crippen molar-refractivity contribution >= 4 is 27.3 Å². The van der Waals surface area contributed by atoms with Crippen LogP contribution in [0.4, 0.5) is 15.8 Å². The normalized spacial score (nSPS) is 12.8. The second-order valence-corrected chi connectivity index (χ2v) is 8.56. The maximum Gasteiger partial charge on any atom is 0.262 e. The van der Waals surface area contributed by atoms with Gasteiger partial charge in [-0.05, 0) is 48.9 Å². The zero-order valence-corrected chi connectivity index (χ0v) is 17.3. The molecule has 1 aliphatic rings. The minimum atomic E-state index is -4.10. The van der Waals surface area contributed by atoms with E-state index in [-0.39, 0.29) is 16.1 Å². The molecule has 9 heteroatoms. The smallest absolute Gasteiger partial charge is 0.262 e. The molecule has 0 spiro atoms. The van der Waals surface area contributed by atoms with E-state index < -0.39 is 21.7 Å². The monoisotopic (exact) mass is 442 g/mol. The minimum Gasteiger partial charge on any atom is -0.486 e. The van der Waals surface area contributed by atoms with Crippen molar-refractivity contribution in [2.75, 3.05) is 23.3 Å². The number of rotatable bonds is 5. The highest BCUT2D eigenvalue weighted by atomic mass is 32.2. The fourth-order valence-corrected chi connectivity index (χ4v) is 4.17. The van der Waals surface area contributed by atoms with Crippen LogP contribution in [0.1, 0.15) is 15.9 Å². The lowest BCUT2D eigenvalue weighted by atomic mass is 10.1. The summed E-state index contributed by atoms with van der Waals surface area (Å²) in [5.41, 5.74) is 1.06. The molecule has 0 atom stereocenters. The number of aryl methyl sites for hydroxylation is 1. The van der Waals surface area contributed by atoms with Gasteiger partial charge in [0.2, 0.25) is 0 Å². The predicted molar refractivity (Wildman–Crippen MR) is 114 cm³/mol. The second-order valence-electron chi connectivity index (χ2n) is 6.87. The predicted octanol–water partition coefficient (Wildman–Crippen LogP) is 3.96. The van der Waals surface area contributed by atoms with E-state index in [2.05, 4.69) is 10.0 Å². The molecule has 0 aliphatic carbocycles. The third-order valence-corrected chi connectivity index (χ3v) is 6.05. The number of sulfonamides is 1.